The van der Waals surface area contributed by atoms with Gasteiger partial charge in [-0.2, -0.15) is 0 Å². The highest BCUT2D eigenvalue weighted by molar-refractivity contribution is 5.85. The van der Waals surface area contributed by atoms with E-state index in [9.17, 15) is 13.9 Å². The molecule has 0 spiro atoms. The van der Waals surface area contributed by atoms with Crippen LogP contribution in [-0.4, -0.2) is 30.2 Å². The van der Waals surface area contributed by atoms with Gasteiger partial charge < -0.3 is 15.4 Å². The molecule has 3 N–H and O–H groups in total. The monoisotopic (exact) mass is 369 g/mol. The van der Waals surface area contributed by atoms with E-state index in [-0.39, 0.29) is 28.5 Å². The molecule has 6 nitrogen and oxygen atoms in total. The fourth-order valence-electron chi connectivity index (χ4n) is 3.31. The molecule has 3 aromatic rings. The molecule has 8 heteroatoms. The number of anilines is 1. The number of nitrogens with two attached hydrogens (primary N) is 1. The van der Waals surface area contributed by atoms with Crippen molar-refractivity contribution in [3.63, 3.8) is 0 Å². The van der Waals surface area contributed by atoms with Crippen molar-refractivity contribution in [2.24, 2.45) is 7.05 Å². The maximum atomic E-state index is 14.2. The first-order valence-corrected chi connectivity index (χ1v) is 8.58. The van der Waals surface area contributed by atoms with Gasteiger partial charge in [-0.25, -0.2) is 23.7 Å². The lowest BCUT2D eigenvalue weighted by molar-refractivity contribution is 0.110. The van der Waals surface area contributed by atoms with Gasteiger partial charge in [-0.05, 0) is 43.7 Å². The summed E-state index contributed by atoms with van der Waals surface area (Å²) in [6, 6.07) is 3.87. The summed E-state index contributed by atoms with van der Waals surface area (Å²) < 4.78 is 29.3. The molecule has 2 aromatic heterocycles. The summed E-state index contributed by atoms with van der Waals surface area (Å²) >= 11 is 0. The minimum Gasteiger partial charge on any atom is -0.382 e. The van der Waals surface area contributed by atoms with E-state index in [0.29, 0.717) is 18.5 Å². The molecule has 0 bridgehead atoms. The third-order valence-electron chi connectivity index (χ3n) is 4.78. The van der Waals surface area contributed by atoms with E-state index in [1.165, 1.54) is 16.7 Å². The van der Waals surface area contributed by atoms with Crippen LogP contribution in [0.2, 0.25) is 0 Å². The highest BCUT2D eigenvalue weighted by Crippen LogP contribution is 2.29. The molecule has 4 rings (SSSR count). The largest absolute Gasteiger partial charge is 0.382 e. The fourth-order valence-corrected chi connectivity index (χ4v) is 3.31. The summed E-state index contributed by atoms with van der Waals surface area (Å²) in [5.74, 6) is 4.06. The summed E-state index contributed by atoms with van der Waals surface area (Å²) in [5.41, 5.74) is 5.59. The Labute approximate surface area is 154 Å². The van der Waals surface area contributed by atoms with Gasteiger partial charge in [-0.3, -0.25) is 0 Å². The van der Waals surface area contributed by atoms with E-state index in [0.717, 1.165) is 18.9 Å². The zero-order chi connectivity index (χ0) is 19.2. The van der Waals surface area contributed by atoms with Crippen molar-refractivity contribution < 1.29 is 13.9 Å². The molecule has 0 radical (unpaired) electrons. The Morgan fingerprint density at radius 1 is 1.19 bits per heavy atom. The van der Waals surface area contributed by atoms with Crippen molar-refractivity contribution in [2.75, 3.05) is 5.73 Å². The van der Waals surface area contributed by atoms with Crippen LogP contribution in [0.15, 0.2) is 18.2 Å². The van der Waals surface area contributed by atoms with Crippen LogP contribution in [0.5, 0.6) is 0 Å². The lowest BCUT2D eigenvalue weighted by atomic mass is 10.0. The summed E-state index contributed by atoms with van der Waals surface area (Å²) in [4.78, 5) is 12.7. The number of nitrogen functional groups attached to an aromatic ring is 1. The molecule has 27 heavy (non-hydrogen) atoms. The molecule has 1 aliphatic carbocycles. The minimum absolute atomic E-state index is 0.00259. The van der Waals surface area contributed by atoms with Crippen molar-refractivity contribution in [3.8, 4) is 23.2 Å². The number of nitrogens with zero attached hydrogens (tertiary/aromatic N) is 4. The Morgan fingerprint density at radius 3 is 2.67 bits per heavy atom. The minimum atomic E-state index is -1.02. The number of rotatable bonds is 1. The SMILES string of the molecule is Cn1c(-c2cccc(F)c2F)nc2c(N)nc(C#CC3(O)CCCC3)nc21. The van der Waals surface area contributed by atoms with Gasteiger partial charge in [-0.15, -0.1) is 0 Å². The normalized spacial score (nSPS) is 15.7. The van der Waals surface area contributed by atoms with Crippen LogP contribution in [0.25, 0.3) is 22.6 Å². The molecular formula is C19H17F2N5O. The van der Waals surface area contributed by atoms with Crippen LogP contribution in [0.3, 0.4) is 0 Å². The van der Waals surface area contributed by atoms with Crippen LogP contribution in [0.1, 0.15) is 31.5 Å². The molecule has 0 amide bonds. The molecule has 0 aliphatic heterocycles. The maximum Gasteiger partial charge on any atom is 0.209 e. The zero-order valence-electron chi connectivity index (χ0n) is 14.6. The van der Waals surface area contributed by atoms with Crippen LogP contribution in [-0.2, 0) is 7.05 Å². The third kappa shape index (κ3) is 3.00. The number of aromatic nitrogens is 4. The second-order valence-electron chi connectivity index (χ2n) is 6.69. The van der Waals surface area contributed by atoms with E-state index in [1.54, 1.807) is 7.05 Å². The number of aryl methyl sites for hydroxylation is 1. The summed E-state index contributed by atoms with van der Waals surface area (Å²) in [7, 11) is 1.63. The average Bonchev–Trinajstić information content (AvgIpc) is 3.21. The second-order valence-corrected chi connectivity index (χ2v) is 6.69. The van der Waals surface area contributed by atoms with Crippen LogP contribution in [0.4, 0.5) is 14.6 Å². The van der Waals surface area contributed by atoms with Crippen molar-refractivity contribution >= 4 is 17.0 Å². The van der Waals surface area contributed by atoms with Crippen LogP contribution < -0.4 is 5.73 Å². The predicted molar refractivity (Wildman–Crippen MR) is 96.4 cm³/mol. The molecule has 138 valence electrons. The van der Waals surface area contributed by atoms with Gasteiger partial charge in [0.25, 0.3) is 0 Å². The van der Waals surface area contributed by atoms with E-state index in [2.05, 4.69) is 26.8 Å². The quantitative estimate of drug-likeness (QED) is 0.644. The number of aliphatic hydroxyl groups is 1. The van der Waals surface area contributed by atoms with Crippen molar-refractivity contribution in [1.82, 2.24) is 19.5 Å². The summed E-state index contributed by atoms with van der Waals surface area (Å²) in [6.07, 6.45) is 3.09. The lowest BCUT2D eigenvalue weighted by Gasteiger charge is -2.12. The first-order chi connectivity index (χ1) is 12.9. The Kier molecular flexibility index (Phi) is 4.04. The van der Waals surface area contributed by atoms with Gasteiger partial charge in [0.05, 0.1) is 5.56 Å². The fraction of sp³-hybridized carbons (Fsp3) is 0.316. The van der Waals surface area contributed by atoms with E-state index >= 15 is 0 Å². The van der Waals surface area contributed by atoms with Gasteiger partial charge in [-0.1, -0.05) is 12.0 Å². The Balaban J connectivity index is 1.83. The van der Waals surface area contributed by atoms with E-state index < -0.39 is 17.2 Å². The summed E-state index contributed by atoms with van der Waals surface area (Å²) in [5, 5.41) is 10.3. The lowest BCUT2D eigenvalue weighted by Crippen LogP contribution is -2.20. The Hall–Kier alpha value is -3.05. The van der Waals surface area contributed by atoms with Crippen LogP contribution in [0, 0.1) is 23.5 Å². The highest BCUT2D eigenvalue weighted by atomic mass is 19.2. The maximum absolute atomic E-state index is 14.2. The molecule has 0 unspecified atom stereocenters. The Bertz CT molecular complexity index is 1110. The number of imidazole rings is 1. The molecule has 1 saturated carbocycles. The number of hydrogen-bond donors (Lipinski definition) is 2. The topological polar surface area (TPSA) is 89.9 Å². The average molecular weight is 369 g/mol. The molecule has 1 aromatic carbocycles. The smallest absolute Gasteiger partial charge is 0.209 e. The number of hydrogen-bond acceptors (Lipinski definition) is 5. The molecule has 2 heterocycles. The van der Waals surface area contributed by atoms with Gasteiger partial charge in [0.15, 0.2) is 28.6 Å². The number of fused-ring (bicyclic) bond motifs is 1. The third-order valence-corrected chi connectivity index (χ3v) is 4.78. The molecular weight excluding hydrogens is 352 g/mol. The Morgan fingerprint density at radius 2 is 1.93 bits per heavy atom. The van der Waals surface area contributed by atoms with E-state index in [4.69, 9.17) is 5.73 Å². The highest BCUT2D eigenvalue weighted by Gasteiger charge is 2.28. The first-order valence-electron chi connectivity index (χ1n) is 8.58. The zero-order valence-corrected chi connectivity index (χ0v) is 14.6. The van der Waals surface area contributed by atoms with Gasteiger partial charge in [0.1, 0.15) is 11.4 Å². The van der Waals surface area contributed by atoms with Crippen molar-refractivity contribution in [1.29, 1.82) is 0 Å². The van der Waals surface area contributed by atoms with Gasteiger partial charge >= 0.3 is 0 Å². The van der Waals surface area contributed by atoms with Crippen molar-refractivity contribution in [3.05, 3.63) is 35.7 Å². The van der Waals surface area contributed by atoms with E-state index in [1.807, 2.05) is 0 Å². The summed E-state index contributed by atoms with van der Waals surface area (Å²) in [6.45, 7) is 0. The van der Waals surface area contributed by atoms with Crippen LogP contribution >= 0.6 is 0 Å². The van der Waals surface area contributed by atoms with Gasteiger partial charge in [0.2, 0.25) is 5.82 Å². The predicted octanol–water partition coefficient (Wildman–Crippen LogP) is 2.55. The molecule has 0 atom stereocenters. The molecule has 1 fully saturated rings. The standard InChI is InChI=1S/C19H17F2N5O/c1-26-17(11-5-4-6-12(20)14(11)21)25-15-16(22)23-13(24-18(15)26)7-10-19(27)8-2-3-9-19/h4-6,27H,2-3,8-9H2,1H3,(H2,22,23,24). The van der Waals surface area contributed by atoms with Gasteiger partial charge in [0, 0.05) is 7.05 Å². The molecule has 0 saturated heterocycles. The first kappa shape index (κ1) is 17.4. The molecule has 1 aliphatic rings. The number of halogens is 2. The van der Waals surface area contributed by atoms with Crippen molar-refractivity contribution in [2.45, 2.75) is 31.3 Å². The second kappa shape index (κ2) is 6.28. The number of benzene rings is 1.